The van der Waals surface area contributed by atoms with E-state index in [1.807, 2.05) is 36.4 Å². The fraction of sp³-hybridized carbons (Fsp3) is 0.333. The van der Waals surface area contributed by atoms with Gasteiger partial charge in [0.1, 0.15) is 5.75 Å². The summed E-state index contributed by atoms with van der Waals surface area (Å²) >= 11 is 0. The Morgan fingerprint density at radius 1 is 1.31 bits per heavy atom. The fourth-order valence-electron chi connectivity index (χ4n) is 0.845. The van der Waals surface area contributed by atoms with E-state index in [1.165, 1.54) is 0 Å². The van der Waals surface area contributed by atoms with Gasteiger partial charge in [0.2, 0.25) is 0 Å². The molecule has 1 aromatic rings. The molecule has 0 aromatic heterocycles. The Morgan fingerprint density at radius 2 is 1.92 bits per heavy atom. The van der Waals surface area contributed by atoms with Gasteiger partial charge in [0.15, 0.2) is 0 Å². The highest BCUT2D eigenvalue weighted by Crippen LogP contribution is 2.18. The second kappa shape index (κ2) is 4.13. The van der Waals surface area contributed by atoms with E-state index in [1.54, 1.807) is 0 Å². The number of ether oxygens (including phenoxy) is 1. The molecule has 0 saturated carbocycles. The molecule has 0 aliphatic heterocycles. The van der Waals surface area contributed by atoms with E-state index in [-0.39, 0.29) is 5.41 Å². The van der Waals surface area contributed by atoms with Gasteiger partial charge in [-0.25, -0.2) is 0 Å². The first-order valence-electron chi connectivity index (χ1n) is 4.45. The minimum atomic E-state index is 0.0375. The third kappa shape index (κ3) is 3.32. The molecular weight excluding hydrogens is 160 g/mol. The van der Waals surface area contributed by atoms with Crippen molar-refractivity contribution in [1.29, 1.82) is 0 Å². The lowest BCUT2D eigenvalue weighted by Gasteiger charge is -2.19. The largest absolute Gasteiger partial charge is 0.493 e. The minimum Gasteiger partial charge on any atom is -0.493 e. The summed E-state index contributed by atoms with van der Waals surface area (Å²) in [5.41, 5.74) is 0.0375. The smallest absolute Gasteiger partial charge is 0.119 e. The molecule has 0 saturated heterocycles. The van der Waals surface area contributed by atoms with Gasteiger partial charge in [0.05, 0.1) is 6.61 Å². The van der Waals surface area contributed by atoms with Crippen LogP contribution in [-0.2, 0) is 0 Å². The van der Waals surface area contributed by atoms with E-state index in [9.17, 15) is 0 Å². The Hall–Kier alpha value is -1.24. The molecule has 0 radical (unpaired) electrons. The van der Waals surface area contributed by atoms with Crippen LogP contribution in [0.15, 0.2) is 43.0 Å². The predicted molar refractivity (Wildman–Crippen MR) is 55.9 cm³/mol. The van der Waals surface area contributed by atoms with Gasteiger partial charge in [-0.05, 0) is 12.1 Å². The summed E-state index contributed by atoms with van der Waals surface area (Å²) in [6.45, 7) is 8.63. The van der Waals surface area contributed by atoms with Crippen molar-refractivity contribution in [3.05, 3.63) is 43.0 Å². The van der Waals surface area contributed by atoms with Crippen molar-refractivity contribution in [3.8, 4) is 5.75 Å². The Balaban J connectivity index is 2.48. The van der Waals surface area contributed by atoms with Crippen LogP contribution in [0, 0.1) is 5.41 Å². The van der Waals surface area contributed by atoms with E-state index >= 15 is 0 Å². The SMILES string of the molecule is C=CC(C)(C)COc1ccccc1. The van der Waals surface area contributed by atoms with Crippen LogP contribution in [0.3, 0.4) is 0 Å². The first-order chi connectivity index (χ1) is 6.14. The van der Waals surface area contributed by atoms with Gasteiger partial charge in [0.25, 0.3) is 0 Å². The van der Waals surface area contributed by atoms with E-state index in [2.05, 4.69) is 20.4 Å². The van der Waals surface area contributed by atoms with Gasteiger partial charge in [-0.15, -0.1) is 6.58 Å². The Bertz CT molecular complexity index is 262. The quantitative estimate of drug-likeness (QED) is 0.640. The maximum absolute atomic E-state index is 5.59. The van der Waals surface area contributed by atoms with Gasteiger partial charge in [-0.1, -0.05) is 38.1 Å². The Morgan fingerprint density at radius 3 is 2.46 bits per heavy atom. The van der Waals surface area contributed by atoms with Gasteiger partial charge in [-0.2, -0.15) is 0 Å². The molecule has 70 valence electrons. The molecule has 1 rings (SSSR count). The van der Waals surface area contributed by atoms with E-state index in [0.29, 0.717) is 6.61 Å². The third-order valence-corrected chi connectivity index (χ3v) is 1.91. The molecular formula is C12H16O. The van der Waals surface area contributed by atoms with Gasteiger partial charge >= 0.3 is 0 Å². The number of hydrogen-bond acceptors (Lipinski definition) is 1. The van der Waals surface area contributed by atoms with Crippen LogP contribution in [0.25, 0.3) is 0 Å². The van der Waals surface area contributed by atoms with Crippen molar-refractivity contribution < 1.29 is 4.74 Å². The standard InChI is InChI=1S/C12H16O/c1-4-12(2,3)10-13-11-8-6-5-7-9-11/h4-9H,1,10H2,2-3H3. The lowest BCUT2D eigenvalue weighted by molar-refractivity contribution is 0.222. The molecule has 0 unspecified atom stereocenters. The maximum atomic E-state index is 5.59. The highest BCUT2D eigenvalue weighted by atomic mass is 16.5. The summed E-state index contributed by atoms with van der Waals surface area (Å²) in [6.07, 6.45) is 1.91. The molecule has 1 aromatic carbocycles. The summed E-state index contributed by atoms with van der Waals surface area (Å²) < 4.78 is 5.59. The maximum Gasteiger partial charge on any atom is 0.119 e. The fourth-order valence-corrected chi connectivity index (χ4v) is 0.845. The van der Waals surface area contributed by atoms with E-state index < -0.39 is 0 Å². The number of benzene rings is 1. The number of rotatable bonds is 4. The van der Waals surface area contributed by atoms with Crippen molar-refractivity contribution in [2.75, 3.05) is 6.61 Å². The number of para-hydroxylation sites is 1. The predicted octanol–water partition coefficient (Wildman–Crippen LogP) is 3.28. The second-order valence-corrected chi connectivity index (χ2v) is 3.79. The summed E-state index contributed by atoms with van der Waals surface area (Å²) in [5, 5.41) is 0. The first kappa shape index (κ1) is 9.85. The lowest BCUT2D eigenvalue weighted by atomic mass is 9.95. The highest BCUT2D eigenvalue weighted by Gasteiger charge is 2.13. The molecule has 1 nitrogen and oxygen atoms in total. The Kier molecular flexibility index (Phi) is 3.13. The zero-order valence-electron chi connectivity index (χ0n) is 8.29. The first-order valence-corrected chi connectivity index (χ1v) is 4.45. The van der Waals surface area contributed by atoms with Crippen molar-refractivity contribution >= 4 is 0 Å². The van der Waals surface area contributed by atoms with Crippen LogP contribution in [0.5, 0.6) is 5.75 Å². The average molecular weight is 176 g/mol. The normalized spacial score (nSPS) is 10.9. The zero-order chi connectivity index (χ0) is 9.73. The molecule has 0 heterocycles. The number of hydrogen-bond donors (Lipinski definition) is 0. The second-order valence-electron chi connectivity index (χ2n) is 3.79. The van der Waals surface area contributed by atoms with E-state index in [4.69, 9.17) is 4.74 Å². The van der Waals surface area contributed by atoms with Crippen molar-refractivity contribution in [2.45, 2.75) is 13.8 Å². The van der Waals surface area contributed by atoms with Gasteiger partial charge in [-0.3, -0.25) is 0 Å². The monoisotopic (exact) mass is 176 g/mol. The van der Waals surface area contributed by atoms with Gasteiger partial charge < -0.3 is 4.74 Å². The van der Waals surface area contributed by atoms with Crippen LogP contribution >= 0.6 is 0 Å². The van der Waals surface area contributed by atoms with Crippen molar-refractivity contribution in [1.82, 2.24) is 0 Å². The summed E-state index contributed by atoms with van der Waals surface area (Å²) in [6, 6.07) is 9.83. The molecule has 13 heavy (non-hydrogen) atoms. The van der Waals surface area contributed by atoms with Crippen molar-refractivity contribution in [2.24, 2.45) is 5.41 Å². The molecule has 0 amide bonds. The van der Waals surface area contributed by atoms with Crippen LogP contribution in [0.2, 0.25) is 0 Å². The third-order valence-electron chi connectivity index (χ3n) is 1.91. The van der Waals surface area contributed by atoms with Crippen molar-refractivity contribution in [3.63, 3.8) is 0 Å². The minimum absolute atomic E-state index is 0.0375. The summed E-state index contributed by atoms with van der Waals surface area (Å²) in [7, 11) is 0. The van der Waals surface area contributed by atoms with Crippen LogP contribution in [-0.4, -0.2) is 6.61 Å². The molecule has 0 atom stereocenters. The molecule has 0 fully saturated rings. The van der Waals surface area contributed by atoms with Crippen LogP contribution < -0.4 is 4.74 Å². The molecule has 0 aliphatic carbocycles. The molecule has 1 heteroatoms. The molecule has 0 aliphatic rings. The van der Waals surface area contributed by atoms with Gasteiger partial charge in [0, 0.05) is 5.41 Å². The van der Waals surface area contributed by atoms with Crippen LogP contribution in [0.4, 0.5) is 0 Å². The highest BCUT2D eigenvalue weighted by molar-refractivity contribution is 5.21. The topological polar surface area (TPSA) is 9.23 Å². The lowest BCUT2D eigenvalue weighted by Crippen LogP contribution is -2.18. The summed E-state index contributed by atoms with van der Waals surface area (Å²) in [5.74, 6) is 0.914. The molecule has 0 N–H and O–H groups in total. The molecule has 0 spiro atoms. The van der Waals surface area contributed by atoms with Crippen LogP contribution in [0.1, 0.15) is 13.8 Å². The zero-order valence-corrected chi connectivity index (χ0v) is 8.29. The average Bonchev–Trinajstić information content (AvgIpc) is 2.17. The molecule has 0 bridgehead atoms. The summed E-state index contributed by atoms with van der Waals surface area (Å²) in [4.78, 5) is 0. The Labute approximate surface area is 80.0 Å². The van der Waals surface area contributed by atoms with E-state index in [0.717, 1.165) is 5.75 Å².